The highest BCUT2D eigenvalue weighted by Gasteiger charge is 2.20. The summed E-state index contributed by atoms with van der Waals surface area (Å²) in [7, 11) is 0. The number of hydrogen-bond acceptors (Lipinski definition) is 5. The Morgan fingerprint density at radius 2 is 0.887 bits per heavy atom. The average Bonchev–Trinajstić information content (AvgIpc) is 3.16. The Bertz CT molecular complexity index is 787. The third-order valence-corrected chi connectivity index (χ3v) is 10.8. The molecule has 0 radical (unpaired) electrons. The van der Waals surface area contributed by atoms with Gasteiger partial charge in [0.25, 0.3) is 0 Å². The number of carbonyl (C=O) groups excluding carboxylic acids is 2. The van der Waals surface area contributed by atoms with Crippen molar-refractivity contribution in [3.8, 4) is 0 Å². The van der Waals surface area contributed by atoms with Crippen molar-refractivity contribution in [1.29, 1.82) is 0 Å². The van der Waals surface area contributed by atoms with E-state index in [2.05, 4.69) is 31.3 Å². The first kappa shape index (κ1) is 51.6. The van der Waals surface area contributed by atoms with Gasteiger partial charge >= 0.3 is 5.97 Å². The molecule has 53 heavy (non-hydrogen) atoms. The van der Waals surface area contributed by atoms with Gasteiger partial charge in [-0.3, -0.25) is 9.59 Å². The van der Waals surface area contributed by atoms with Gasteiger partial charge in [0.2, 0.25) is 5.91 Å². The van der Waals surface area contributed by atoms with E-state index in [0.717, 1.165) is 83.5 Å². The van der Waals surface area contributed by atoms with Gasteiger partial charge in [-0.2, -0.15) is 0 Å². The Balaban J connectivity index is 3.52. The molecule has 0 rings (SSSR count). The quantitative estimate of drug-likeness (QED) is 0.0328. The number of amides is 1. The molecule has 2 unspecified atom stereocenters. The third-order valence-electron chi connectivity index (χ3n) is 10.8. The second kappa shape index (κ2) is 43.3. The molecule has 0 aromatic carbocycles. The molecule has 1 amide bonds. The molecule has 0 saturated heterocycles. The number of hydrogen-bond donors (Lipinski definition) is 3. The summed E-state index contributed by atoms with van der Waals surface area (Å²) in [4.78, 5) is 24.4. The van der Waals surface area contributed by atoms with Crippen molar-refractivity contribution in [2.75, 3.05) is 13.2 Å². The van der Waals surface area contributed by atoms with E-state index in [-0.39, 0.29) is 18.5 Å². The molecule has 0 aliphatic carbocycles. The summed E-state index contributed by atoms with van der Waals surface area (Å²) in [5.74, 6) is -0.0949. The molecule has 6 heteroatoms. The molecule has 2 atom stereocenters. The van der Waals surface area contributed by atoms with Crippen LogP contribution in [0.2, 0.25) is 0 Å². The number of ether oxygens (including phenoxy) is 1. The summed E-state index contributed by atoms with van der Waals surface area (Å²) < 4.78 is 5.42. The van der Waals surface area contributed by atoms with E-state index in [4.69, 9.17) is 4.74 Å². The first-order valence-corrected chi connectivity index (χ1v) is 23.4. The van der Waals surface area contributed by atoms with Crippen molar-refractivity contribution in [2.45, 2.75) is 264 Å². The van der Waals surface area contributed by atoms with E-state index in [1.165, 1.54) is 135 Å². The van der Waals surface area contributed by atoms with Gasteiger partial charge in [-0.1, -0.05) is 199 Å². The molecule has 0 aromatic rings. The number of nitrogens with one attached hydrogen (secondary N) is 1. The molecular weight excluding hydrogens is 659 g/mol. The van der Waals surface area contributed by atoms with Crippen molar-refractivity contribution in [2.24, 2.45) is 0 Å². The lowest BCUT2D eigenvalue weighted by atomic mass is 10.0. The van der Waals surface area contributed by atoms with Crippen LogP contribution in [0.5, 0.6) is 0 Å². The van der Waals surface area contributed by atoms with Crippen molar-refractivity contribution < 1.29 is 24.5 Å². The lowest BCUT2D eigenvalue weighted by Gasteiger charge is -2.22. The van der Waals surface area contributed by atoms with Crippen LogP contribution in [-0.4, -0.2) is 47.4 Å². The van der Waals surface area contributed by atoms with Crippen LogP contribution in [-0.2, 0) is 14.3 Å². The highest BCUT2D eigenvalue weighted by Crippen LogP contribution is 2.16. The monoisotopic (exact) mass is 750 g/mol. The number of esters is 1. The Morgan fingerprint density at radius 1 is 0.509 bits per heavy atom. The van der Waals surface area contributed by atoms with Gasteiger partial charge in [-0.15, -0.1) is 0 Å². The van der Waals surface area contributed by atoms with Crippen LogP contribution in [0.4, 0.5) is 0 Å². The predicted molar refractivity (Wildman–Crippen MR) is 227 cm³/mol. The number of allylic oxidation sites excluding steroid dienone is 2. The number of unbranched alkanes of at least 4 members (excludes halogenated alkanes) is 30. The number of carbonyl (C=O) groups is 2. The molecule has 0 heterocycles. The summed E-state index contributed by atoms with van der Waals surface area (Å²) in [6, 6.07) is -0.560. The molecule has 0 aliphatic rings. The first-order chi connectivity index (χ1) is 26.0. The highest BCUT2D eigenvalue weighted by molar-refractivity contribution is 5.76. The zero-order valence-electron chi connectivity index (χ0n) is 35.5. The largest absolute Gasteiger partial charge is 0.466 e. The van der Waals surface area contributed by atoms with Gasteiger partial charge in [0.1, 0.15) is 0 Å². The number of aliphatic hydroxyl groups is 2. The molecule has 0 aromatic heterocycles. The van der Waals surface area contributed by atoms with E-state index in [1.807, 2.05) is 0 Å². The van der Waals surface area contributed by atoms with Crippen LogP contribution in [0.15, 0.2) is 12.2 Å². The fourth-order valence-corrected chi connectivity index (χ4v) is 7.16. The summed E-state index contributed by atoms with van der Waals surface area (Å²) in [6.45, 7) is 4.86. The van der Waals surface area contributed by atoms with Gasteiger partial charge in [-0.05, 0) is 51.4 Å². The topological polar surface area (TPSA) is 95.9 Å². The van der Waals surface area contributed by atoms with Crippen LogP contribution >= 0.6 is 0 Å². The summed E-state index contributed by atoms with van der Waals surface area (Å²) in [5.41, 5.74) is 0. The zero-order chi connectivity index (χ0) is 38.7. The second-order valence-electron chi connectivity index (χ2n) is 16.1. The summed E-state index contributed by atoms with van der Waals surface area (Å²) in [5, 5.41) is 23.1. The van der Waals surface area contributed by atoms with E-state index < -0.39 is 12.1 Å². The van der Waals surface area contributed by atoms with E-state index in [1.54, 1.807) is 0 Å². The minimum atomic E-state index is -0.680. The maximum absolute atomic E-state index is 12.4. The maximum Gasteiger partial charge on any atom is 0.305 e. The van der Waals surface area contributed by atoms with Crippen LogP contribution in [0.1, 0.15) is 251 Å². The summed E-state index contributed by atoms with van der Waals surface area (Å²) >= 11 is 0. The SMILES string of the molecule is CCCCCCCCCCCCCCCC(O)C(CO)NC(=O)CCCCCCC/C=C\CCCCOC(=O)CCCCCCCCCCCCCC. The number of rotatable bonds is 43. The molecule has 0 fully saturated rings. The van der Waals surface area contributed by atoms with Crippen molar-refractivity contribution >= 4 is 11.9 Å². The fourth-order valence-electron chi connectivity index (χ4n) is 7.16. The Morgan fingerprint density at radius 3 is 1.34 bits per heavy atom. The minimum Gasteiger partial charge on any atom is -0.466 e. The fraction of sp³-hybridized carbons (Fsp3) is 0.915. The van der Waals surface area contributed by atoms with Crippen LogP contribution in [0.25, 0.3) is 0 Å². The number of aliphatic hydroxyl groups excluding tert-OH is 2. The molecule has 3 N–H and O–H groups in total. The second-order valence-corrected chi connectivity index (χ2v) is 16.1. The van der Waals surface area contributed by atoms with Crippen molar-refractivity contribution in [3.05, 3.63) is 12.2 Å². The van der Waals surface area contributed by atoms with Gasteiger partial charge in [-0.25, -0.2) is 0 Å². The predicted octanol–water partition coefficient (Wildman–Crippen LogP) is 13.4. The lowest BCUT2D eigenvalue weighted by Crippen LogP contribution is -2.45. The van der Waals surface area contributed by atoms with E-state index in [9.17, 15) is 19.8 Å². The Hall–Kier alpha value is -1.40. The zero-order valence-corrected chi connectivity index (χ0v) is 35.5. The molecule has 0 spiro atoms. The molecule has 6 nitrogen and oxygen atoms in total. The average molecular weight is 750 g/mol. The maximum atomic E-state index is 12.4. The molecule has 314 valence electrons. The van der Waals surface area contributed by atoms with Crippen molar-refractivity contribution in [3.63, 3.8) is 0 Å². The summed E-state index contributed by atoms with van der Waals surface area (Å²) in [6.07, 6.45) is 47.4. The van der Waals surface area contributed by atoms with Crippen LogP contribution < -0.4 is 5.32 Å². The van der Waals surface area contributed by atoms with Crippen LogP contribution in [0, 0.1) is 0 Å². The van der Waals surface area contributed by atoms with Gasteiger partial charge in [0.15, 0.2) is 0 Å². The third kappa shape index (κ3) is 40.1. The lowest BCUT2D eigenvalue weighted by molar-refractivity contribution is -0.143. The van der Waals surface area contributed by atoms with Crippen LogP contribution in [0.3, 0.4) is 0 Å². The van der Waals surface area contributed by atoms with E-state index >= 15 is 0 Å². The normalized spacial score (nSPS) is 12.8. The van der Waals surface area contributed by atoms with Gasteiger partial charge < -0.3 is 20.3 Å². The molecule has 0 aliphatic heterocycles. The molecule has 0 bridgehead atoms. The Kier molecular flexibility index (Phi) is 42.2. The standard InChI is InChI=1S/C47H91NO5/c1-3-5-7-9-11-13-15-17-19-23-27-31-35-39-45(50)44(43-49)48-46(51)40-36-32-28-24-20-18-22-26-30-34-38-42-53-47(52)41-37-33-29-25-21-16-14-12-10-8-6-4-2/h22,26,44-45,49-50H,3-21,23-25,27-43H2,1-2H3,(H,48,51)/b26-22-. The smallest absolute Gasteiger partial charge is 0.305 e. The van der Waals surface area contributed by atoms with Gasteiger partial charge in [0.05, 0.1) is 25.4 Å². The Labute approximate surface area is 329 Å². The van der Waals surface area contributed by atoms with Crippen molar-refractivity contribution in [1.82, 2.24) is 5.32 Å². The van der Waals surface area contributed by atoms with Gasteiger partial charge in [0, 0.05) is 12.8 Å². The first-order valence-electron chi connectivity index (χ1n) is 23.4. The molecule has 0 saturated carbocycles. The molecular formula is C47H91NO5. The van der Waals surface area contributed by atoms with E-state index in [0.29, 0.717) is 25.9 Å². The highest BCUT2D eigenvalue weighted by atomic mass is 16.5. The minimum absolute atomic E-state index is 0.0307.